The Hall–Kier alpha value is -0.850. The summed E-state index contributed by atoms with van der Waals surface area (Å²) in [7, 11) is 0. The highest BCUT2D eigenvalue weighted by molar-refractivity contribution is 5.21. The third-order valence-electron chi connectivity index (χ3n) is 2.59. The van der Waals surface area contributed by atoms with Crippen LogP contribution in [0.3, 0.4) is 0 Å². The van der Waals surface area contributed by atoms with Gasteiger partial charge in [-0.25, -0.2) is 4.39 Å². The molecular weight excluding hydrogens is 151 g/mol. The second-order valence-corrected chi connectivity index (χ2v) is 3.45. The van der Waals surface area contributed by atoms with E-state index >= 15 is 0 Å². The summed E-state index contributed by atoms with van der Waals surface area (Å²) in [6.07, 6.45) is 3.37. The molecular formula is C11H12F. The van der Waals surface area contributed by atoms with E-state index in [9.17, 15) is 4.39 Å². The molecule has 1 aliphatic rings. The second-order valence-electron chi connectivity index (χ2n) is 3.45. The number of benzene rings is 1. The first kappa shape index (κ1) is 7.78. The molecule has 0 aliphatic heterocycles. The molecule has 0 N–H and O–H groups in total. The van der Waals surface area contributed by atoms with Crippen LogP contribution < -0.4 is 0 Å². The topological polar surface area (TPSA) is 0 Å². The van der Waals surface area contributed by atoms with Gasteiger partial charge in [-0.1, -0.05) is 24.3 Å². The average molecular weight is 163 g/mol. The van der Waals surface area contributed by atoms with Crippen LogP contribution in [0, 0.1) is 6.07 Å². The van der Waals surface area contributed by atoms with Gasteiger partial charge in [0.25, 0.3) is 0 Å². The molecule has 0 atom stereocenters. The maximum Gasteiger partial charge on any atom is 0.136 e. The molecule has 1 fully saturated rings. The van der Waals surface area contributed by atoms with Crippen molar-refractivity contribution in [2.75, 3.05) is 0 Å². The fourth-order valence-electron chi connectivity index (χ4n) is 1.88. The van der Waals surface area contributed by atoms with Crippen LogP contribution in [0.2, 0.25) is 0 Å². The quantitative estimate of drug-likeness (QED) is 0.596. The summed E-state index contributed by atoms with van der Waals surface area (Å²) >= 11 is 0. The van der Waals surface area contributed by atoms with Crippen molar-refractivity contribution in [3.8, 4) is 0 Å². The molecule has 1 radical (unpaired) electrons. The Kier molecular flexibility index (Phi) is 1.87. The van der Waals surface area contributed by atoms with Gasteiger partial charge in [-0.15, -0.1) is 0 Å². The maximum absolute atomic E-state index is 14.0. The van der Waals surface area contributed by atoms with E-state index < -0.39 is 5.67 Å². The van der Waals surface area contributed by atoms with Crippen LogP contribution in [0.25, 0.3) is 0 Å². The highest BCUT2D eigenvalue weighted by Gasteiger charge is 2.35. The molecule has 0 bridgehead atoms. The van der Waals surface area contributed by atoms with Gasteiger partial charge < -0.3 is 0 Å². The summed E-state index contributed by atoms with van der Waals surface area (Å²) in [5.74, 6) is 0. The van der Waals surface area contributed by atoms with Crippen LogP contribution in [-0.4, -0.2) is 0 Å². The van der Waals surface area contributed by atoms with Gasteiger partial charge >= 0.3 is 0 Å². The lowest BCUT2D eigenvalue weighted by molar-refractivity contribution is 0.174. The van der Waals surface area contributed by atoms with Crippen LogP contribution in [-0.2, 0) is 5.67 Å². The molecule has 12 heavy (non-hydrogen) atoms. The van der Waals surface area contributed by atoms with Crippen molar-refractivity contribution in [1.29, 1.82) is 0 Å². The van der Waals surface area contributed by atoms with Crippen molar-refractivity contribution in [3.63, 3.8) is 0 Å². The Bertz CT molecular complexity index is 247. The minimum absolute atomic E-state index is 0.674. The van der Waals surface area contributed by atoms with Gasteiger partial charge in [0.2, 0.25) is 0 Å². The SMILES string of the molecule is FC1(c2[c]cccc2)CCCC1. The normalized spacial score (nSPS) is 21.1. The van der Waals surface area contributed by atoms with Gasteiger partial charge in [-0.2, -0.15) is 0 Å². The summed E-state index contributed by atoms with van der Waals surface area (Å²) in [4.78, 5) is 0. The van der Waals surface area contributed by atoms with Crippen LogP contribution >= 0.6 is 0 Å². The molecule has 0 nitrogen and oxygen atoms in total. The van der Waals surface area contributed by atoms with Crippen LogP contribution in [0.4, 0.5) is 4.39 Å². The zero-order valence-corrected chi connectivity index (χ0v) is 7.02. The van der Waals surface area contributed by atoms with Gasteiger partial charge in [0.15, 0.2) is 0 Å². The largest absolute Gasteiger partial charge is 0.239 e. The zero-order chi connectivity index (χ0) is 8.44. The van der Waals surface area contributed by atoms with E-state index in [1.54, 1.807) is 6.07 Å². The monoisotopic (exact) mass is 163 g/mol. The van der Waals surface area contributed by atoms with Gasteiger partial charge in [0.1, 0.15) is 5.67 Å². The number of hydrogen-bond donors (Lipinski definition) is 0. The lowest BCUT2D eigenvalue weighted by Gasteiger charge is -2.18. The highest BCUT2D eigenvalue weighted by atomic mass is 19.1. The predicted octanol–water partition coefficient (Wildman–Crippen LogP) is 3.23. The Morgan fingerprint density at radius 3 is 2.58 bits per heavy atom. The fraction of sp³-hybridized carbons (Fsp3) is 0.455. The number of halogens is 1. The van der Waals surface area contributed by atoms with E-state index in [1.807, 2.05) is 18.2 Å². The van der Waals surface area contributed by atoms with Crippen molar-refractivity contribution in [3.05, 3.63) is 35.9 Å². The zero-order valence-electron chi connectivity index (χ0n) is 7.02. The van der Waals surface area contributed by atoms with E-state index in [0.29, 0.717) is 12.8 Å². The third kappa shape index (κ3) is 1.24. The molecule has 1 saturated carbocycles. The molecule has 1 aliphatic carbocycles. The van der Waals surface area contributed by atoms with Crippen LogP contribution in [0.15, 0.2) is 24.3 Å². The number of alkyl halides is 1. The van der Waals surface area contributed by atoms with Crippen LogP contribution in [0.5, 0.6) is 0 Å². The summed E-state index contributed by atoms with van der Waals surface area (Å²) < 4.78 is 14.0. The molecule has 2 rings (SSSR count). The standard InChI is InChI=1S/C11H12F/c12-11(8-4-5-9-11)10-6-2-1-3-7-10/h1-3,6H,4-5,8-9H2. The van der Waals surface area contributed by atoms with E-state index in [4.69, 9.17) is 0 Å². The van der Waals surface area contributed by atoms with Gasteiger partial charge in [-0.3, -0.25) is 0 Å². The Morgan fingerprint density at radius 1 is 1.25 bits per heavy atom. The van der Waals surface area contributed by atoms with Crippen molar-refractivity contribution in [1.82, 2.24) is 0 Å². The Labute approximate surface area is 72.4 Å². The molecule has 1 aromatic carbocycles. The van der Waals surface area contributed by atoms with Crippen molar-refractivity contribution in [2.45, 2.75) is 31.4 Å². The fourth-order valence-corrected chi connectivity index (χ4v) is 1.88. The van der Waals surface area contributed by atoms with E-state index in [1.165, 1.54) is 0 Å². The lowest BCUT2D eigenvalue weighted by atomic mass is 9.94. The lowest BCUT2D eigenvalue weighted by Crippen LogP contribution is -2.14. The first-order valence-electron chi connectivity index (χ1n) is 4.47. The predicted molar refractivity (Wildman–Crippen MR) is 46.5 cm³/mol. The third-order valence-corrected chi connectivity index (χ3v) is 2.59. The van der Waals surface area contributed by atoms with Gasteiger partial charge in [0, 0.05) is 0 Å². The molecule has 0 unspecified atom stereocenters. The molecule has 0 spiro atoms. The minimum Gasteiger partial charge on any atom is -0.239 e. The molecule has 1 aromatic rings. The Balaban J connectivity index is 2.29. The number of hydrogen-bond acceptors (Lipinski definition) is 0. The van der Waals surface area contributed by atoms with E-state index in [-0.39, 0.29) is 0 Å². The average Bonchev–Trinajstić information content (AvgIpc) is 2.55. The summed E-state index contributed by atoms with van der Waals surface area (Å²) in [5, 5.41) is 0. The van der Waals surface area contributed by atoms with Gasteiger partial charge in [0.05, 0.1) is 0 Å². The van der Waals surface area contributed by atoms with E-state index in [2.05, 4.69) is 6.07 Å². The first-order valence-corrected chi connectivity index (χ1v) is 4.47. The number of rotatable bonds is 1. The minimum atomic E-state index is -1.07. The summed E-state index contributed by atoms with van der Waals surface area (Å²) in [6, 6.07) is 10.4. The molecule has 0 aromatic heterocycles. The molecule has 0 heterocycles. The molecule has 0 amide bonds. The van der Waals surface area contributed by atoms with Crippen molar-refractivity contribution >= 4 is 0 Å². The van der Waals surface area contributed by atoms with Crippen molar-refractivity contribution in [2.24, 2.45) is 0 Å². The molecule has 0 saturated heterocycles. The van der Waals surface area contributed by atoms with Crippen LogP contribution in [0.1, 0.15) is 31.2 Å². The molecule has 1 heteroatoms. The van der Waals surface area contributed by atoms with Crippen molar-refractivity contribution < 1.29 is 4.39 Å². The summed E-state index contributed by atoms with van der Waals surface area (Å²) in [5.41, 5.74) is -0.330. The first-order chi connectivity index (χ1) is 5.81. The Morgan fingerprint density at radius 2 is 2.00 bits per heavy atom. The highest BCUT2D eigenvalue weighted by Crippen LogP contribution is 2.41. The second kappa shape index (κ2) is 2.89. The summed E-state index contributed by atoms with van der Waals surface area (Å²) in [6.45, 7) is 0. The van der Waals surface area contributed by atoms with E-state index in [0.717, 1.165) is 18.4 Å². The van der Waals surface area contributed by atoms with Gasteiger partial charge in [-0.05, 0) is 37.3 Å². The molecule has 63 valence electrons. The maximum atomic E-state index is 14.0. The smallest absolute Gasteiger partial charge is 0.136 e.